The van der Waals surface area contributed by atoms with E-state index in [0.29, 0.717) is 34.8 Å². The molecule has 0 atom stereocenters. The van der Waals surface area contributed by atoms with Crippen LogP contribution >= 0.6 is 0 Å². The Morgan fingerprint density at radius 3 is 2.66 bits per heavy atom. The fourth-order valence-corrected chi connectivity index (χ4v) is 3.30. The molecule has 0 fully saturated rings. The first kappa shape index (κ1) is 21.2. The number of nitrogens with zero attached hydrogens (tertiary/aromatic N) is 5. The Balaban J connectivity index is 1.72. The van der Waals surface area contributed by atoms with Crippen molar-refractivity contribution in [3.8, 4) is 12.0 Å². The van der Waals surface area contributed by atoms with Gasteiger partial charge in [0.1, 0.15) is 11.3 Å². The quantitative estimate of drug-likeness (QED) is 0.292. The SMILES string of the molecule is COc1nc2c(C(N)=O)cccc2n1-c1nc(C)nc(NCc2cccc(B(O)O)c2)n1. The van der Waals surface area contributed by atoms with Crippen LogP contribution in [0, 0.1) is 6.92 Å². The summed E-state index contributed by atoms with van der Waals surface area (Å²) in [5, 5.41) is 21.8. The van der Waals surface area contributed by atoms with Crippen LogP contribution in [0.4, 0.5) is 5.95 Å². The number of carbonyl (C=O) groups is 1. The van der Waals surface area contributed by atoms with Crippen molar-refractivity contribution in [1.82, 2.24) is 24.5 Å². The van der Waals surface area contributed by atoms with Gasteiger partial charge in [-0.1, -0.05) is 30.3 Å². The standard InChI is InChI=1S/C20H20BN7O4/c1-11-24-18(23-10-12-5-3-6-13(9-12)21(30)31)27-19(25-11)28-15-8-4-7-14(17(22)29)16(15)26-20(28)32-2/h3-9,30-31H,10H2,1-2H3,(H2,22,29)(H,23,24,25,27). The minimum Gasteiger partial charge on any atom is -0.468 e. The maximum Gasteiger partial charge on any atom is 0.488 e. The molecule has 0 aliphatic rings. The lowest BCUT2D eigenvalue weighted by Gasteiger charge is -2.10. The van der Waals surface area contributed by atoms with Gasteiger partial charge in [-0.15, -0.1) is 0 Å². The van der Waals surface area contributed by atoms with Crippen LogP contribution in [0.3, 0.4) is 0 Å². The number of anilines is 1. The van der Waals surface area contributed by atoms with Crippen molar-refractivity contribution in [3.63, 3.8) is 0 Å². The van der Waals surface area contributed by atoms with E-state index in [-0.39, 0.29) is 17.5 Å². The first-order chi connectivity index (χ1) is 15.4. The maximum absolute atomic E-state index is 11.8. The number of benzene rings is 2. The average molecular weight is 433 g/mol. The van der Waals surface area contributed by atoms with Gasteiger partial charge in [-0.05, 0) is 30.1 Å². The molecule has 2 heterocycles. The third-order valence-corrected chi connectivity index (χ3v) is 4.74. The maximum atomic E-state index is 11.8. The average Bonchev–Trinajstić information content (AvgIpc) is 3.16. The summed E-state index contributed by atoms with van der Waals surface area (Å²) >= 11 is 0. The number of aromatic nitrogens is 5. The molecule has 0 radical (unpaired) electrons. The van der Waals surface area contributed by atoms with Crippen LogP contribution in [0.5, 0.6) is 6.01 Å². The summed E-state index contributed by atoms with van der Waals surface area (Å²) in [5.74, 6) is 0.400. The monoisotopic (exact) mass is 433 g/mol. The fraction of sp³-hybridized carbons (Fsp3) is 0.150. The number of amides is 1. The van der Waals surface area contributed by atoms with Gasteiger partial charge in [0.15, 0.2) is 0 Å². The zero-order valence-electron chi connectivity index (χ0n) is 17.4. The number of methoxy groups -OCH3 is 1. The first-order valence-corrected chi connectivity index (χ1v) is 9.64. The van der Waals surface area contributed by atoms with E-state index in [1.165, 1.54) is 7.11 Å². The number of hydrogen-bond donors (Lipinski definition) is 4. The van der Waals surface area contributed by atoms with E-state index in [2.05, 4.69) is 25.3 Å². The van der Waals surface area contributed by atoms with Crippen molar-refractivity contribution in [1.29, 1.82) is 0 Å². The molecule has 32 heavy (non-hydrogen) atoms. The molecule has 4 aromatic rings. The summed E-state index contributed by atoms with van der Waals surface area (Å²) in [6.07, 6.45) is 0. The second kappa shape index (κ2) is 8.61. The van der Waals surface area contributed by atoms with Crippen LogP contribution in [0.25, 0.3) is 17.0 Å². The zero-order valence-corrected chi connectivity index (χ0v) is 17.4. The van der Waals surface area contributed by atoms with Crippen molar-refractivity contribution >= 4 is 35.5 Å². The lowest BCUT2D eigenvalue weighted by molar-refractivity contribution is 0.100. The zero-order chi connectivity index (χ0) is 22.8. The normalized spacial score (nSPS) is 10.9. The molecule has 0 bridgehead atoms. The van der Waals surface area contributed by atoms with Crippen molar-refractivity contribution in [3.05, 3.63) is 59.4 Å². The molecule has 11 nitrogen and oxygen atoms in total. The molecule has 0 saturated heterocycles. The molecule has 0 unspecified atom stereocenters. The van der Waals surface area contributed by atoms with Crippen LogP contribution in [-0.4, -0.2) is 54.7 Å². The molecule has 2 aromatic heterocycles. The molecule has 0 spiro atoms. The van der Waals surface area contributed by atoms with E-state index < -0.39 is 13.0 Å². The predicted molar refractivity (Wildman–Crippen MR) is 118 cm³/mol. The van der Waals surface area contributed by atoms with Gasteiger partial charge in [-0.2, -0.15) is 19.9 Å². The molecule has 2 aromatic carbocycles. The van der Waals surface area contributed by atoms with Crippen molar-refractivity contribution in [2.75, 3.05) is 12.4 Å². The molecule has 0 saturated carbocycles. The van der Waals surface area contributed by atoms with Gasteiger partial charge >= 0.3 is 13.1 Å². The van der Waals surface area contributed by atoms with Crippen LogP contribution < -0.4 is 21.3 Å². The van der Waals surface area contributed by atoms with Gasteiger partial charge in [-0.3, -0.25) is 4.79 Å². The highest BCUT2D eigenvalue weighted by atomic mass is 16.5. The number of nitrogens with one attached hydrogen (secondary N) is 1. The smallest absolute Gasteiger partial charge is 0.468 e. The van der Waals surface area contributed by atoms with E-state index in [1.54, 1.807) is 47.9 Å². The molecule has 0 aliphatic carbocycles. The first-order valence-electron chi connectivity index (χ1n) is 9.64. The van der Waals surface area contributed by atoms with Crippen LogP contribution in [0.15, 0.2) is 42.5 Å². The van der Waals surface area contributed by atoms with Gasteiger partial charge < -0.3 is 25.8 Å². The van der Waals surface area contributed by atoms with Crippen molar-refractivity contribution in [2.24, 2.45) is 5.73 Å². The highest BCUT2D eigenvalue weighted by Gasteiger charge is 2.20. The minimum atomic E-state index is -1.55. The number of ether oxygens (including phenoxy) is 1. The molecular weight excluding hydrogens is 413 g/mol. The van der Waals surface area contributed by atoms with Gasteiger partial charge in [0, 0.05) is 6.54 Å². The Morgan fingerprint density at radius 1 is 1.16 bits per heavy atom. The van der Waals surface area contributed by atoms with Gasteiger partial charge in [0.05, 0.1) is 18.2 Å². The highest BCUT2D eigenvalue weighted by Crippen LogP contribution is 2.27. The molecule has 12 heteroatoms. The number of carbonyl (C=O) groups excluding carboxylic acids is 1. The Hall–Kier alpha value is -4.03. The molecule has 4 rings (SSSR count). The summed E-state index contributed by atoms with van der Waals surface area (Å²) in [5.41, 5.74) is 7.87. The van der Waals surface area contributed by atoms with Crippen LogP contribution in [-0.2, 0) is 6.54 Å². The summed E-state index contributed by atoms with van der Waals surface area (Å²) in [7, 11) is -0.0921. The Kier molecular flexibility index (Phi) is 5.71. The van der Waals surface area contributed by atoms with Crippen molar-refractivity contribution < 1.29 is 19.6 Å². The van der Waals surface area contributed by atoms with Crippen molar-refractivity contribution in [2.45, 2.75) is 13.5 Å². The summed E-state index contributed by atoms with van der Waals surface area (Å²) < 4.78 is 6.97. The molecule has 5 N–H and O–H groups in total. The number of hydrogen-bond acceptors (Lipinski definition) is 9. The third-order valence-electron chi connectivity index (χ3n) is 4.74. The molecular formula is C20H20BN7O4. The largest absolute Gasteiger partial charge is 0.488 e. The molecule has 0 aliphatic heterocycles. The van der Waals surface area contributed by atoms with E-state index in [9.17, 15) is 14.8 Å². The van der Waals surface area contributed by atoms with E-state index in [4.69, 9.17) is 10.5 Å². The Labute approximate surface area is 183 Å². The third kappa shape index (κ3) is 4.09. The van der Waals surface area contributed by atoms with E-state index in [1.807, 2.05) is 6.07 Å². The lowest BCUT2D eigenvalue weighted by atomic mass is 9.80. The Bertz CT molecular complexity index is 1310. The minimum absolute atomic E-state index is 0.190. The second-order valence-electron chi connectivity index (χ2n) is 6.95. The van der Waals surface area contributed by atoms with E-state index in [0.717, 1.165) is 5.56 Å². The number of primary amides is 1. The number of rotatable bonds is 7. The van der Waals surface area contributed by atoms with Gasteiger partial charge in [-0.25, -0.2) is 4.57 Å². The van der Waals surface area contributed by atoms with Gasteiger partial charge in [0.25, 0.3) is 5.91 Å². The Morgan fingerprint density at radius 2 is 1.94 bits per heavy atom. The lowest BCUT2D eigenvalue weighted by Crippen LogP contribution is -2.30. The number of imidazole rings is 1. The number of aryl methyl sites for hydroxylation is 1. The number of nitrogens with two attached hydrogens (primary N) is 1. The number of fused-ring (bicyclic) bond motifs is 1. The molecule has 162 valence electrons. The highest BCUT2D eigenvalue weighted by molar-refractivity contribution is 6.58. The fourth-order valence-electron chi connectivity index (χ4n) is 3.30. The van der Waals surface area contributed by atoms with Crippen LogP contribution in [0.1, 0.15) is 21.7 Å². The van der Waals surface area contributed by atoms with Gasteiger partial charge in [0.2, 0.25) is 11.9 Å². The predicted octanol–water partition coefficient (Wildman–Crippen LogP) is -0.0817. The summed E-state index contributed by atoms with van der Waals surface area (Å²) in [4.78, 5) is 29.4. The second-order valence-corrected chi connectivity index (χ2v) is 6.95. The number of para-hydroxylation sites is 1. The molecule has 1 amide bonds. The summed E-state index contributed by atoms with van der Waals surface area (Å²) in [6, 6.07) is 12.1. The van der Waals surface area contributed by atoms with E-state index >= 15 is 0 Å². The topological polar surface area (TPSA) is 161 Å². The summed E-state index contributed by atoms with van der Waals surface area (Å²) in [6.45, 7) is 2.07. The van der Waals surface area contributed by atoms with Crippen LogP contribution in [0.2, 0.25) is 0 Å².